The van der Waals surface area contributed by atoms with Crippen molar-refractivity contribution in [2.24, 2.45) is 5.84 Å². The van der Waals surface area contributed by atoms with E-state index in [1.807, 2.05) is 0 Å². The quantitative estimate of drug-likeness (QED) is 0.270. The maximum absolute atomic E-state index is 8.50. The topological polar surface area (TPSA) is 69.7 Å². The lowest BCUT2D eigenvalue weighted by Gasteiger charge is -2.14. The Morgan fingerprint density at radius 2 is 1.25 bits per heavy atom. The first kappa shape index (κ1) is 11.8. The standard InChI is InChI=1S/C8H20N2O2/c9-10(5-1-3-7-11)6-2-4-8-12/h11-12H,1-9H2. The van der Waals surface area contributed by atoms with Gasteiger partial charge in [0.15, 0.2) is 0 Å². The lowest BCUT2D eigenvalue weighted by Crippen LogP contribution is -2.33. The van der Waals surface area contributed by atoms with E-state index in [1.165, 1.54) is 0 Å². The van der Waals surface area contributed by atoms with Crippen LogP contribution in [-0.4, -0.2) is 41.5 Å². The first-order valence-corrected chi connectivity index (χ1v) is 4.52. The molecule has 4 N–H and O–H groups in total. The second kappa shape index (κ2) is 8.93. The van der Waals surface area contributed by atoms with Crippen LogP contribution in [0.5, 0.6) is 0 Å². The molecule has 0 fully saturated rings. The van der Waals surface area contributed by atoms with E-state index >= 15 is 0 Å². The highest BCUT2D eigenvalue weighted by molar-refractivity contribution is 4.49. The van der Waals surface area contributed by atoms with Gasteiger partial charge in [-0.2, -0.15) is 0 Å². The predicted molar refractivity (Wildman–Crippen MR) is 48.4 cm³/mol. The normalized spacial score (nSPS) is 11.0. The Morgan fingerprint density at radius 3 is 1.58 bits per heavy atom. The smallest absolute Gasteiger partial charge is 0.0431 e. The molecule has 0 heterocycles. The summed E-state index contributed by atoms with van der Waals surface area (Å²) in [4.78, 5) is 0. The SMILES string of the molecule is NN(CCCCO)CCCCO. The molecule has 0 bridgehead atoms. The Morgan fingerprint density at radius 1 is 0.833 bits per heavy atom. The van der Waals surface area contributed by atoms with Gasteiger partial charge in [0.25, 0.3) is 0 Å². The second-order valence-corrected chi connectivity index (χ2v) is 2.90. The molecule has 0 aromatic heterocycles. The van der Waals surface area contributed by atoms with Gasteiger partial charge in [-0.25, -0.2) is 5.01 Å². The lowest BCUT2D eigenvalue weighted by molar-refractivity contribution is 0.230. The van der Waals surface area contributed by atoms with E-state index in [1.54, 1.807) is 5.01 Å². The van der Waals surface area contributed by atoms with Crippen molar-refractivity contribution in [2.45, 2.75) is 25.7 Å². The Labute approximate surface area is 74.0 Å². The number of rotatable bonds is 8. The first-order valence-electron chi connectivity index (χ1n) is 4.52. The molecule has 0 unspecified atom stereocenters. The third-order valence-corrected chi connectivity index (χ3v) is 1.71. The summed E-state index contributed by atoms with van der Waals surface area (Å²) >= 11 is 0. The van der Waals surface area contributed by atoms with Crippen molar-refractivity contribution in [2.75, 3.05) is 26.3 Å². The van der Waals surface area contributed by atoms with Gasteiger partial charge >= 0.3 is 0 Å². The largest absolute Gasteiger partial charge is 0.396 e. The van der Waals surface area contributed by atoms with Crippen LogP contribution in [0.3, 0.4) is 0 Å². The number of unbranched alkanes of at least 4 members (excludes halogenated alkanes) is 2. The van der Waals surface area contributed by atoms with E-state index in [-0.39, 0.29) is 13.2 Å². The minimum atomic E-state index is 0.241. The molecule has 74 valence electrons. The van der Waals surface area contributed by atoms with Gasteiger partial charge in [-0.3, -0.25) is 5.84 Å². The average Bonchev–Trinajstić information content (AvgIpc) is 2.06. The van der Waals surface area contributed by atoms with Gasteiger partial charge in [-0.1, -0.05) is 0 Å². The molecule has 0 saturated heterocycles. The zero-order chi connectivity index (χ0) is 9.23. The molecule has 0 aromatic rings. The van der Waals surface area contributed by atoms with Crippen LogP contribution in [0.2, 0.25) is 0 Å². The number of nitrogens with zero attached hydrogens (tertiary/aromatic N) is 1. The van der Waals surface area contributed by atoms with Crippen molar-refractivity contribution in [1.82, 2.24) is 5.01 Å². The molecular weight excluding hydrogens is 156 g/mol. The van der Waals surface area contributed by atoms with Crippen LogP contribution in [-0.2, 0) is 0 Å². The van der Waals surface area contributed by atoms with Gasteiger partial charge in [0.05, 0.1) is 0 Å². The van der Waals surface area contributed by atoms with E-state index in [4.69, 9.17) is 16.1 Å². The molecule has 0 aliphatic rings. The number of aliphatic hydroxyl groups excluding tert-OH is 2. The summed E-state index contributed by atoms with van der Waals surface area (Å²) in [6.45, 7) is 2.13. The van der Waals surface area contributed by atoms with Gasteiger partial charge in [0.2, 0.25) is 0 Å². The Hall–Kier alpha value is -0.160. The van der Waals surface area contributed by atoms with Crippen molar-refractivity contribution >= 4 is 0 Å². The Bertz CT molecular complexity index is 81.1. The van der Waals surface area contributed by atoms with E-state index in [9.17, 15) is 0 Å². The molecule has 4 nitrogen and oxygen atoms in total. The van der Waals surface area contributed by atoms with Gasteiger partial charge in [-0.15, -0.1) is 0 Å². The third kappa shape index (κ3) is 7.94. The molecule has 0 amide bonds. The summed E-state index contributed by atoms with van der Waals surface area (Å²) in [5.41, 5.74) is 0. The summed E-state index contributed by atoms with van der Waals surface area (Å²) in [5.74, 6) is 5.63. The number of hydrogen-bond donors (Lipinski definition) is 3. The fourth-order valence-electron chi connectivity index (χ4n) is 0.965. The predicted octanol–water partition coefficient (Wildman–Crippen LogP) is -0.293. The molecule has 0 aromatic carbocycles. The maximum atomic E-state index is 8.50. The molecular formula is C8H20N2O2. The maximum Gasteiger partial charge on any atom is 0.0431 e. The fraction of sp³-hybridized carbons (Fsp3) is 1.00. The molecule has 0 saturated carbocycles. The minimum Gasteiger partial charge on any atom is -0.396 e. The summed E-state index contributed by atoms with van der Waals surface area (Å²) in [7, 11) is 0. The van der Waals surface area contributed by atoms with Crippen molar-refractivity contribution < 1.29 is 10.2 Å². The average molecular weight is 176 g/mol. The van der Waals surface area contributed by atoms with Crippen LogP contribution in [0, 0.1) is 0 Å². The van der Waals surface area contributed by atoms with Crippen LogP contribution < -0.4 is 5.84 Å². The minimum absolute atomic E-state index is 0.241. The summed E-state index contributed by atoms with van der Waals surface area (Å²) in [6.07, 6.45) is 3.50. The number of aliphatic hydroxyl groups is 2. The van der Waals surface area contributed by atoms with Gasteiger partial charge in [0, 0.05) is 26.3 Å². The summed E-state index contributed by atoms with van der Waals surface area (Å²) < 4.78 is 0. The van der Waals surface area contributed by atoms with E-state index in [2.05, 4.69) is 0 Å². The summed E-state index contributed by atoms with van der Waals surface area (Å²) in [6, 6.07) is 0. The Kier molecular flexibility index (Phi) is 8.81. The zero-order valence-corrected chi connectivity index (χ0v) is 7.58. The number of hydrazine groups is 1. The molecule has 0 spiro atoms. The van der Waals surface area contributed by atoms with Crippen molar-refractivity contribution in [3.05, 3.63) is 0 Å². The van der Waals surface area contributed by atoms with Gasteiger partial charge in [0.1, 0.15) is 0 Å². The van der Waals surface area contributed by atoms with Crippen molar-refractivity contribution in [3.63, 3.8) is 0 Å². The summed E-state index contributed by atoms with van der Waals surface area (Å²) in [5, 5.41) is 18.7. The van der Waals surface area contributed by atoms with Crippen LogP contribution >= 0.6 is 0 Å². The molecule has 4 heteroatoms. The monoisotopic (exact) mass is 176 g/mol. The molecule has 0 rings (SSSR count). The van der Waals surface area contributed by atoms with Crippen molar-refractivity contribution in [3.8, 4) is 0 Å². The number of nitrogens with two attached hydrogens (primary N) is 1. The van der Waals surface area contributed by atoms with E-state index in [0.29, 0.717) is 0 Å². The highest BCUT2D eigenvalue weighted by Gasteiger charge is 1.97. The van der Waals surface area contributed by atoms with E-state index in [0.717, 1.165) is 38.8 Å². The number of hydrogen-bond acceptors (Lipinski definition) is 4. The molecule has 0 aliphatic carbocycles. The fourth-order valence-corrected chi connectivity index (χ4v) is 0.965. The second-order valence-electron chi connectivity index (χ2n) is 2.90. The van der Waals surface area contributed by atoms with Crippen LogP contribution in [0.1, 0.15) is 25.7 Å². The molecule has 0 aliphatic heterocycles. The van der Waals surface area contributed by atoms with E-state index < -0.39 is 0 Å². The molecule has 12 heavy (non-hydrogen) atoms. The highest BCUT2D eigenvalue weighted by Crippen LogP contribution is 1.93. The lowest BCUT2D eigenvalue weighted by atomic mass is 10.3. The van der Waals surface area contributed by atoms with Gasteiger partial charge in [-0.05, 0) is 25.7 Å². The highest BCUT2D eigenvalue weighted by atomic mass is 16.3. The van der Waals surface area contributed by atoms with Crippen LogP contribution in [0.25, 0.3) is 0 Å². The third-order valence-electron chi connectivity index (χ3n) is 1.71. The van der Waals surface area contributed by atoms with Gasteiger partial charge < -0.3 is 10.2 Å². The first-order chi connectivity index (χ1) is 5.81. The van der Waals surface area contributed by atoms with Crippen LogP contribution in [0.4, 0.5) is 0 Å². The zero-order valence-electron chi connectivity index (χ0n) is 7.58. The Balaban J connectivity index is 3.04. The van der Waals surface area contributed by atoms with Crippen LogP contribution in [0.15, 0.2) is 0 Å². The molecule has 0 atom stereocenters. The molecule has 0 radical (unpaired) electrons. The van der Waals surface area contributed by atoms with Crippen molar-refractivity contribution in [1.29, 1.82) is 0 Å².